The van der Waals surface area contributed by atoms with Crippen LogP contribution in [0.3, 0.4) is 0 Å². The maximum absolute atomic E-state index is 12.3. The second kappa shape index (κ2) is 5.25. The van der Waals surface area contributed by atoms with E-state index in [2.05, 4.69) is 5.16 Å². The summed E-state index contributed by atoms with van der Waals surface area (Å²) in [7, 11) is 0. The lowest BCUT2D eigenvalue weighted by molar-refractivity contribution is 0.0727. The van der Waals surface area contributed by atoms with Gasteiger partial charge in [0.1, 0.15) is 5.76 Å². The van der Waals surface area contributed by atoms with Crippen LogP contribution in [0.15, 0.2) is 21.9 Å². The van der Waals surface area contributed by atoms with Gasteiger partial charge in [-0.1, -0.05) is 12.1 Å². The molecule has 1 saturated heterocycles. The number of piperidine rings is 1. The van der Waals surface area contributed by atoms with Gasteiger partial charge in [0.05, 0.1) is 17.5 Å². The number of carbonyl (C=O) groups excluding carboxylic acids is 1. The van der Waals surface area contributed by atoms with Crippen LogP contribution in [0.25, 0.3) is 0 Å². The van der Waals surface area contributed by atoms with Crippen LogP contribution in [0.4, 0.5) is 0 Å². The highest BCUT2D eigenvalue weighted by atomic mass is 16.4. The van der Waals surface area contributed by atoms with E-state index in [0.29, 0.717) is 30.8 Å². The molecular weight excluding hydrogens is 232 g/mol. The summed E-state index contributed by atoms with van der Waals surface area (Å²) in [5.74, 6) is 0.797. The van der Waals surface area contributed by atoms with Crippen molar-refractivity contribution in [3.63, 3.8) is 0 Å². The smallest absolute Gasteiger partial charge is 0.257 e. The topological polar surface area (TPSA) is 66.0 Å². The first kappa shape index (κ1) is 12.7. The summed E-state index contributed by atoms with van der Waals surface area (Å²) in [4.78, 5) is 14.1. The molecule has 5 heteroatoms. The number of hydrogen-bond acceptors (Lipinski definition) is 4. The average Bonchev–Trinajstić information content (AvgIpc) is 2.83. The molecule has 1 aromatic heterocycles. The van der Waals surface area contributed by atoms with E-state index in [1.165, 1.54) is 6.26 Å². The van der Waals surface area contributed by atoms with Gasteiger partial charge in [-0.05, 0) is 19.4 Å². The van der Waals surface area contributed by atoms with Gasteiger partial charge in [-0.2, -0.15) is 0 Å². The summed E-state index contributed by atoms with van der Waals surface area (Å²) in [6.45, 7) is 5.03. The van der Waals surface area contributed by atoms with Gasteiger partial charge in [-0.25, -0.2) is 0 Å². The normalized spacial score (nSPS) is 22.4. The summed E-state index contributed by atoms with van der Waals surface area (Å²) in [5, 5.41) is 12.2. The molecule has 0 radical (unpaired) electrons. The molecule has 0 bridgehead atoms. The standard InChI is InChI=1S/C13H18N2O3/c1-3-10-8-15(6-4-12(10)14-17)13(16)11-5-7-18-9(11)2/h5,7,10,17H,3-4,6,8H2,1-2H3/b14-12+. The number of nitrogens with zero attached hydrogens (tertiary/aromatic N) is 2. The van der Waals surface area contributed by atoms with Crippen molar-refractivity contribution in [3.05, 3.63) is 23.7 Å². The van der Waals surface area contributed by atoms with Crippen molar-refractivity contribution in [2.75, 3.05) is 13.1 Å². The highest BCUT2D eigenvalue weighted by Gasteiger charge is 2.29. The molecule has 5 nitrogen and oxygen atoms in total. The van der Waals surface area contributed by atoms with Crippen LogP contribution in [0.1, 0.15) is 35.9 Å². The van der Waals surface area contributed by atoms with Crippen LogP contribution in [-0.4, -0.2) is 34.8 Å². The van der Waals surface area contributed by atoms with Crippen molar-refractivity contribution in [1.82, 2.24) is 4.90 Å². The number of hydrogen-bond donors (Lipinski definition) is 1. The monoisotopic (exact) mass is 250 g/mol. The largest absolute Gasteiger partial charge is 0.469 e. The third-order valence-electron chi connectivity index (χ3n) is 3.55. The van der Waals surface area contributed by atoms with Gasteiger partial charge in [0.2, 0.25) is 0 Å². The van der Waals surface area contributed by atoms with E-state index >= 15 is 0 Å². The molecule has 1 atom stereocenters. The third-order valence-corrected chi connectivity index (χ3v) is 3.55. The number of oxime groups is 1. The van der Waals surface area contributed by atoms with Gasteiger partial charge >= 0.3 is 0 Å². The van der Waals surface area contributed by atoms with E-state index in [9.17, 15) is 4.79 Å². The Labute approximate surface area is 106 Å². The molecule has 0 spiro atoms. The van der Waals surface area contributed by atoms with Crippen LogP contribution >= 0.6 is 0 Å². The summed E-state index contributed by atoms with van der Waals surface area (Å²) in [6, 6.07) is 1.70. The van der Waals surface area contributed by atoms with Crippen molar-refractivity contribution in [3.8, 4) is 0 Å². The summed E-state index contributed by atoms with van der Waals surface area (Å²) in [5.41, 5.74) is 1.42. The number of furan rings is 1. The minimum Gasteiger partial charge on any atom is -0.469 e. The number of likely N-dealkylation sites (tertiary alicyclic amines) is 1. The van der Waals surface area contributed by atoms with E-state index in [1.54, 1.807) is 17.9 Å². The molecule has 18 heavy (non-hydrogen) atoms. The fraction of sp³-hybridized carbons (Fsp3) is 0.538. The lowest BCUT2D eigenvalue weighted by atomic mass is 9.93. The molecule has 0 aromatic carbocycles. The Bertz CT molecular complexity index is 465. The zero-order valence-corrected chi connectivity index (χ0v) is 10.7. The predicted molar refractivity (Wildman–Crippen MR) is 67.0 cm³/mol. The Morgan fingerprint density at radius 1 is 1.67 bits per heavy atom. The van der Waals surface area contributed by atoms with Gasteiger partial charge in [0.15, 0.2) is 0 Å². The molecule has 1 unspecified atom stereocenters. The molecule has 2 heterocycles. The minimum atomic E-state index is -0.00307. The van der Waals surface area contributed by atoms with E-state index < -0.39 is 0 Å². The van der Waals surface area contributed by atoms with Crippen LogP contribution < -0.4 is 0 Å². The number of carbonyl (C=O) groups is 1. The van der Waals surface area contributed by atoms with Gasteiger partial charge in [0, 0.05) is 25.4 Å². The first-order valence-electron chi connectivity index (χ1n) is 6.21. The van der Waals surface area contributed by atoms with Crippen LogP contribution in [-0.2, 0) is 0 Å². The number of aryl methyl sites for hydroxylation is 1. The predicted octanol–water partition coefficient (Wildman–Crippen LogP) is 2.29. The molecule has 0 aliphatic carbocycles. The first-order valence-corrected chi connectivity index (χ1v) is 6.21. The second-order valence-electron chi connectivity index (χ2n) is 4.59. The number of amides is 1. The lowest BCUT2D eigenvalue weighted by Crippen LogP contribution is -2.44. The Morgan fingerprint density at radius 3 is 3.00 bits per heavy atom. The van der Waals surface area contributed by atoms with Gasteiger partial charge in [0.25, 0.3) is 5.91 Å². The fourth-order valence-electron chi connectivity index (χ4n) is 2.37. The summed E-state index contributed by atoms with van der Waals surface area (Å²) >= 11 is 0. The van der Waals surface area contributed by atoms with Gasteiger partial charge < -0.3 is 14.5 Å². The van der Waals surface area contributed by atoms with Gasteiger partial charge in [-0.15, -0.1) is 0 Å². The third kappa shape index (κ3) is 2.25. The molecule has 0 saturated carbocycles. The Morgan fingerprint density at radius 2 is 2.44 bits per heavy atom. The second-order valence-corrected chi connectivity index (χ2v) is 4.59. The zero-order chi connectivity index (χ0) is 13.1. The Kier molecular flexibility index (Phi) is 3.69. The molecular formula is C13H18N2O3. The molecule has 1 N–H and O–H groups in total. The van der Waals surface area contributed by atoms with E-state index in [-0.39, 0.29) is 11.8 Å². The molecule has 1 fully saturated rings. The summed E-state index contributed by atoms with van der Waals surface area (Å²) in [6.07, 6.45) is 3.04. The van der Waals surface area contributed by atoms with Crippen molar-refractivity contribution < 1.29 is 14.4 Å². The van der Waals surface area contributed by atoms with E-state index in [1.807, 2.05) is 6.92 Å². The van der Waals surface area contributed by atoms with Crippen LogP contribution in [0.5, 0.6) is 0 Å². The molecule has 1 aliphatic heterocycles. The molecule has 1 amide bonds. The van der Waals surface area contributed by atoms with Crippen molar-refractivity contribution in [1.29, 1.82) is 0 Å². The first-order chi connectivity index (χ1) is 8.67. The van der Waals surface area contributed by atoms with E-state index in [0.717, 1.165) is 12.1 Å². The van der Waals surface area contributed by atoms with Crippen LogP contribution in [0.2, 0.25) is 0 Å². The molecule has 2 rings (SSSR count). The maximum Gasteiger partial charge on any atom is 0.257 e. The Balaban J connectivity index is 2.12. The minimum absolute atomic E-state index is 0.00307. The molecule has 1 aliphatic rings. The quantitative estimate of drug-likeness (QED) is 0.647. The Hall–Kier alpha value is -1.78. The fourth-order valence-corrected chi connectivity index (χ4v) is 2.37. The van der Waals surface area contributed by atoms with Gasteiger partial charge in [-0.3, -0.25) is 4.79 Å². The highest BCUT2D eigenvalue weighted by molar-refractivity contribution is 5.97. The average molecular weight is 250 g/mol. The highest BCUT2D eigenvalue weighted by Crippen LogP contribution is 2.20. The lowest BCUT2D eigenvalue weighted by Gasteiger charge is -2.32. The van der Waals surface area contributed by atoms with Crippen LogP contribution in [0, 0.1) is 12.8 Å². The van der Waals surface area contributed by atoms with Crippen molar-refractivity contribution in [2.45, 2.75) is 26.7 Å². The summed E-state index contributed by atoms with van der Waals surface area (Å²) < 4.78 is 5.16. The number of rotatable bonds is 2. The van der Waals surface area contributed by atoms with Crippen molar-refractivity contribution in [2.24, 2.45) is 11.1 Å². The van der Waals surface area contributed by atoms with Crippen molar-refractivity contribution >= 4 is 11.6 Å². The van der Waals surface area contributed by atoms with E-state index in [4.69, 9.17) is 9.62 Å². The molecule has 98 valence electrons. The zero-order valence-electron chi connectivity index (χ0n) is 10.7. The molecule has 1 aromatic rings. The SMILES string of the molecule is CCC1CN(C(=O)c2ccoc2C)CC/C1=N\O. The maximum atomic E-state index is 12.3.